The molecule has 12 N–H and O–H groups in total. The van der Waals surface area contributed by atoms with Gasteiger partial charge in [0, 0.05) is 13.0 Å². The van der Waals surface area contributed by atoms with E-state index in [9.17, 15) is 29.1 Å². The Kier molecular flexibility index (Phi) is 13.8. The Morgan fingerprint density at radius 2 is 1.64 bits per heavy atom. The van der Waals surface area contributed by atoms with Crippen LogP contribution in [-0.4, -0.2) is 71.9 Å². The van der Waals surface area contributed by atoms with Gasteiger partial charge in [0.05, 0.1) is 12.6 Å². The molecule has 0 heterocycles. The van der Waals surface area contributed by atoms with E-state index >= 15 is 0 Å². The molecule has 14 nitrogen and oxygen atoms in total. The zero-order valence-corrected chi connectivity index (χ0v) is 19.0. The average molecular weight is 473 g/mol. The molecule has 188 valence electrons. The zero-order valence-electron chi connectivity index (χ0n) is 19.0. The zero-order chi connectivity index (χ0) is 25.6. The van der Waals surface area contributed by atoms with Gasteiger partial charge in [-0.1, -0.05) is 20.3 Å². The fourth-order valence-corrected chi connectivity index (χ4v) is 2.69. The predicted octanol–water partition coefficient (Wildman–Crippen LogP) is -3.15. The van der Waals surface area contributed by atoms with Gasteiger partial charge in [0.15, 0.2) is 5.96 Å². The Hall–Kier alpha value is -3.42. The Labute approximate surface area is 192 Å². The van der Waals surface area contributed by atoms with Gasteiger partial charge in [0.1, 0.15) is 12.1 Å². The molecule has 0 spiro atoms. The minimum atomic E-state index is -1.22. The maximum atomic E-state index is 12.6. The van der Waals surface area contributed by atoms with Crippen LogP contribution in [0.2, 0.25) is 0 Å². The minimum absolute atomic E-state index is 0.0709. The van der Waals surface area contributed by atoms with Crippen molar-refractivity contribution in [3.8, 4) is 0 Å². The third-order valence-corrected chi connectivity index (χ3v) is 4.84. The molecule has 33 heavy (non-hydrogen) atoms. The minimum Gasteiger partial charge on any atom is -0.480 e. The Balaban J connectivity index is 4.89. The van der Waals surface area contributed by atoms with Crippen LogP contribution in [0.4, 0.5) is 0 Å². The second-order valence-corrected chi connectivity index (χ2v) is 7.61. The fraction of sp³-hybridized carbons (Fsp3) is 0.684. The van der Waals surface area contributed by atoms with Crippen molar-refractivity contribution < 1.29 is 29.1 Å². The van der Waals surface area contributed by atoms with Gasteiger partial charge in [0.2, 0.25) is 23.6 Å². The van der Waals surface area contributed by atoms with Crippen molar-refractivity contribution in [2.75, 3.05) is 13.1 Å². The van der Waals surface area contributed by atoms with Crippen LogP contribution in [0.3, 0.4) is 0 Å². The number of nitrogens with zero attached hydrogens (tertiary/aromatic N) is 1. The number of carbonyl (C=O) groups excluding carboxylic acids is 4. The highest BCUT2D eigenvalue weighted by atomic mass is 16.4. The van der Waals surface area contributed by atoms with Crippen molar-refractivity contribution in [2.45, 2.75) is 64.1 Å². The fourth-order valence-electron chi connectivity index (χ4n) is 2.69. The summed E-state index contributed by atoms with van der Waals surface area (Å²) < 4.78 is 0. The van der Waals surface area contributed by atoms with E-state index in [1.807, 2.05) is 0 Å². The van der Waals surface area contributed by atoms with Crippen LogP contribution >= 0.6 is 0 Å². The number of amides is 4. The quantitative estimate of drug-likeness (QED) is 0.0639. The van der Waals surface area contributed by atoms with E-state index in [1.54, 1.807) is 13.8 Å². The molecule has 0 fully saturated rings. The summed E-state index contributed by atoms with van der Waals surface area (Å²) in [5, 5.41) is 16.5. The molecule has 0 aromatic carbocycles. The van der Waals surface area contributed by atoms with Crippen molar-refractivity contribution in [1.82, 2.24) is 16.0 Å². The molecule has 14 heteroatoms. The molecule has 0 aliphatic rings. The first kappa shape index (κ1) is 29.6. The lowest BCUT2D eigenvalue weighted by Gasteiger charge is -2.24. The van der Waals surface area contributed by atoms with Gasteiger partial charge in [-0.15, -0.1) is 0 Å². The number of carbonyl (C=O) groups is 5. The first-order valence-corrected chi connectivity index (χ1v) is 10.6. The van der Waals surface area contributed by atoms with E-state index in [4.69, 9.17) is 22.9 Å². The largest absolute Gasteiger partial charge is 0.480 e. The molecule has 0 aliphatic heterocycles. The van der Waals surface area contributed by atoms with E-state index in [0.29, 0.717) is 19.4 Å². The van der Waals surface area contributed by atoms with Gasteiger partial charge in [0.25, 0.3) is 0 Å². The maximum absolute atomic E-state index is 12.6. The third-order valence-electron chi connectivity index (χ3n) is 4.84. The Morgan fingerprint density at radius 3 is 2.15 bits per heavy atom. The summed E-state index contributed by atoms with van der Waals surface area (Å²) in [6.07, 6.45) is 0.868. The first-order chi connectivity index (χ1) is 15.4. The summed E-state index contributed by atoms with van der Waals surface area (Å²) >= 11 is 0. The smallest absolute Gasteiger partial charge is 0.326 e. The average Bonchev–Trinajstić information content (AvgIpc) is 2.74. The number of carboxylic acids is 1. The molecule has 4 unspecified atom stereocenters. The van der Waals surface area contributed by atoms with Crippen molar-refractivity contribution in [3.63, 3.8) is 0 Å². The number of aliphatic imine (C=N–C) groups is 1. The third kappa shape index (κ3) is 12.9. The van der Waals surface area contributed by atoms with E-state index in [0.717, 1.165) is 0 Å². The Morgan fingerprint density at radius 1 is 1.00 bits per heavy atom. The summed E-state index contributed by atoms with van der Waals surface area (Å²) in [6.45, 7) is 3.25. The van der Waals surface area contributed by atoms with Gasteiger partial charge >= 0.3 is 5.97 Å². The van der Waals surface area contributed by atoms with Crippen LogP contribution in [-0.2, 0) is 24.0 Å². The SMILES string of the molecule is CCC(C)C(NC(=O)C(CCC(N)=O)NC(=O)CNC(=O)C(N)CCCN=C(N)N)C(=O)O. The topological polar surface area (TPSA) is 258 Å². The summed E-state index contributed by atoms with van der Waals surface area (Å²) in [7, 11) is 0. The van der Waals surface area contributed by atoms with Gasteiger partial charge in [-0.05, 0) is 25.2 Å². The number of guanidine groups is 1. The van der Waals surface area contributed by atoms with Gasteiger partial charge in [-0.2, -0.15) is 0 Å². The van der Waals surface area contributed by atoms with E-state index in [2.05, 4.69) is 20.9 Å². The van der Waals surface area contributed by atoms with Gasteiger partial charge in [-0.3, -0.25) is 24.2 Å². The van der Waals surface area contributed by atoms with Crippen LogP contribution in [0.25, 0.3) is 0 Å². The number of rotatable bonds is 16. The maximum Gasteiger partial charge on any atom is 0.326 e. The standard InChI is InChI=1S/C19H36N8O6/c1-3-10(2)15(18(32)33)27-17(31)12(6-7-13(21)28)26-14(29)9-25-16(30)11(20)5-4-8-24-19(22)23/h10-12,15H,3-9,20H2,1-2H3,(H2,21,28)(H,25,30)(H,26,29)(H,27,31)(H,32,33)(H4,22,23,24). The highest BCUT2D eigenvalue weighted by molar-refractivity contribution is 5.92. The van der Waals surface area contributed by atoms with Crippen LogP contribution in [0.15, 0.2) is 4.99 Å². The second kappa shape index (κ2) is 15.4. The number of nitrogens with one attached hydrogen (secondary N) is 3. The number of aliphatic carboxylic acids is 1. The Bertz CT molecular complexity index is 725. The summed E-state index contributed by atoms with van der Waals surface area (Å²) in [5.74, 6) is -4.45. The summed E-state index contributed by atoms with van der Waals surface area (Å²) in [6, 6.07) is -3.29. The van der Waals surface area contributed by atoms with Crippen molar-refractivity contribution in [2.24, 2.45) is 33.8 Å². The molecule has 4 amide bonds. The number of hydrogen-bond acceptors (Lipinski definition) is 7. The van der Waals surface area contributed by atoms with Crippen molar-refractivity contribution in [3.05, 3.63) is 0 Å². The lowest BCUT2D eigenvalue weighted by atomic mass is 9.98. The van der Waals surface area contributed by atoms with E-state index in [-0.39, 0.29) is 31.1 Å². The second-order valence-electron chi connectivity index (χ2n) is 7.61. The molecule has 0 aliphatic carbocycles. The van der Waals surface area contributed by atoms with E-state index < -0.39 is 54.3 Å². The molecule has 4 atom stereocenters. The molecule has 0 bridgehead atoms. The molecule has 0 radical (unpaired) electrons. The van der Waals surface area contributed by atoms with E-state index in [1.165, 1.54) is 0 Å². The first-order valence-electron chi connectivity index (χ1n) is 10.6. The molecule has 0 aromatic rings. The number of primary amides is 1. The summed E-state index contributed by atoms with van der Waals surface area (Å²) in [5.41, 5.74) is 21.3. The molecular weight excluding hydrogens is 436 g/mol. The molecule has 0 saturated carbocycles. The van der Waals surface area contributed by atoms with Crippen molar-refractivity contribution >= 4 is 35.6 Å². The molecule has 0 rings (SSSR count). The van der Waals surface area contributed by atoms with Crippen LogP contribution < -0.4 is 38.9 Å². The molecular formula is C19H36N8O6. The van der Waals surface area contributed by atoms with Crippen LogP contribution in [0.5, 0.6) is 0 Å². The highest BCUT2D eigenvalue weighted by Crippen LogP contribution is 2.09. The molecule has 0 saturated heterocycles. The number of carboxylic acid groups (broad SMARTS) is 1. The van der Waals surface area contributed by atoms with Crippen molar-refractivity contribution in [1.29, 1.82) is 0 Å². The van der Waals surface area contributed by atoms with Crippen LogP contribution in [0.1, 0.15) is 46.0 Å². The monoisotopic (exact) mass is 472 g/mol. The van der Waals surface area contributed by atoms with Crippen LogP contribution in [0, 0.1) is 5.92 Å². The lowest BCUT2D eigenvalue weighted by Crippen LogP contribution is -2.55. The predicted molar refractivity (Wildman–Crippen MR) is 120 cm³/mol. The lowest BCUT2D eigenvalue weighted by molar-refractivity contribution is -0.144. The summed E-state index contributed by atoms with van der Waals surface area (Å²) in [4.78, 5) is 63.2. The van der Waals surface area contributed by atoms with Gasteiger partial charge < -0.3 is 44.0 Å². The molecule has 0 aromatic heterocycles. The van der Waals surface area contributed by atoms with Gasteiger partial charge in [-0.25, -0.2) is 4.79 Å². The highest BCUT2D eigenvalue weighted by Gasteiger charge is 2.29. The number of hydrogen-bond donors (Lipinski definition) is 8. The number of nitrogens with two attached hydrogens (primary N) is 4. The normalized spacial score (nSPS) is 14.2.